The van der Waals surface area contributed by atoms with E-state index < -0.39 is 0 Å². The van der Waals surface area contributed by atoms with Gasteiger partial charge in [0.05, 0.1) is 6.26 Å². The third-order valence-electron chi connectivity index (χ3n) is 2.78. The van der Waals surface area contributed by atoms with Crippen LogP contribution in [0.15, 0.2) is 24.5 Å². The summed E-state index contributed by atoms with van der Waals surface area (Å²) in [6.45, 7) is 1.43. The number of hydrogen-bond donors (Lipinski definition) is 1. The molecule has 88 valence electrons. The zero-order valence-corrected chi connectivity index (χ0v) is 9.04. The predicted octanol–water partition coefficient (Wildman–Crippen LogP) is 0.541. The van der Waals surface area contributed by atoms with Crippen molar-refractivity contribution in [3.63, 3.8) is 0 Å². The number of piperidine rings is 1. The van der Waals surface area contributed by atoms with Crippen molar-refractivity contribution in [3.05, 3.63) is 24.5 Å². The number of hydrogen-bond acceptors (Lipinski definition) is 4. The van der Waals surface area contributed by atoms with E-state index in [-0.39, 0.29) is 18.1 Å². The van der Waals surface area contributed by atoms with Crippen molar-refractivity contribution in [2.75, 3.05) is 13.1 Å². The molecule has 1 saturated heterocycles. The topological polar surface area (TPSA) is 64.8 Å². The summed E-state index contributed by atoms with van der Waals surface area (Å²) in [4.78, 5) is 16.6. The number of carbonyl (C=O) groups is 1. The van der Waals surface area contributed by atoms with E-state index >= 15 is 0 Å². The van der Waals surface area contributed by atoms with Crippen LogP contribution in [0.2, 0.25) is 0 Å². The van der Waals surface area contributed by atoms with Gasteiger partial charge in [-0.3, -0.25) is 9.63 Å². The third-order valence-corrected chi connectivity index (χ3v) is 2.78. The Balaban J connectivity index is 1.75. The van der Waals surface area contributed by atoms with Gasteiger partial charge < -0.3 is 10.5 Å². The van der Waals surface area contributed by atoms with Crippen molar-refractivity contribution >= 4 is 5.91 Å². The number of ether oxygens (including phenoxy) is 1. The van der Waals surface area contributed by atoms with E-state index in [0.29, 0.717) is 13.1 Å². The molecule has 1 atom stereocenters. The molecule has 0 radical (unpaired) electrons. The second-order valence-corrected chi connectivity index (χ2v) is 3.93. The summed E-state index contributed by atoms with van der Waals surface area (Å²) in [6, 6.07) is 0. The van der Waals surface area contributed by atoms with Crippen molar-refractivity contribution in [2.24, 2.45) is 11.7 Å². The van der Waals surface area contributed by atoms with Crippen LogP contribution in [0.3, 0.4) is 0 Å². The first kappa shape index (κ1) is 11.2. The van der Waals surface area contributed by atoms with Gasteiger partial charge in [-0.2, -0.15) is 5.06 Å². The molecule has 1 fully saturated rings. The molecule has 2 aliphatic heterocycles. The molecule has 5 heteroatoms. The van der Waals surface area contributed by atoms with E-state index in [9.17, 15) is 4.79 Å². The normalized spacial score (nSPS) is 26.6. The van der Waals surface area contributed by atoms with E-state index in [1.165, 1.54) is 0 Å². The number of allylic oxidation sites excluding steroid dienone is 2. The SMILES string of the molecule is NC(=O)C1CCN(OC2C=CC=CO2)CC1. The van der Waals surface area contributed by atoms with Crippen molar-refractivity contribution in [1.82, 2.24) is 5.06 Å². The number of amides is 1. The van der Waals surface area contributed by atoms with Gasteiger partial charge in [0.25, 0.3) is 0 Å². The number of primary amides is 1. The minimum atomic E-state index is -0.352. The molecule has 1 unspecified atom stereocenters. The Hall–Kier alpha value is -1.33. The Morgan fingerprint density at radius 3 is 2.69 bits per heavy atom. The number of nitrogens with zero attached hydrogens (tertiary/aromatic N) is 1. The minimum absolute atomic E-state index is 0.0115. The van der Waals surface area contributed by atoms with Gasteiger partial charge in [-0.1, -0.05) is 6.08 Å². The van der Waals surface area contributed by atoms with Gasteiger partial charge in [0, 0.05) is 19.0 Å². The Morgan fingerprint density at radius 1 is 1.38 bits per heavy atom. The van der Waals surface area contributed by atoms with Crippen LogP contribution in [-0.4, -0.2) is 30.3 Å². The maximum Gasteiger partial charge on any atom is 0.236 e. The third kappa shape index (κ3) is 2.84. The zero-order valence-electron chi connectivity index (χ0n) is 9.04. The molecule has 0 aromatic heterocycles. The summed E-state index contributed by atoms with van der Waals surface area (Å²) in [7, 11) is 0. The van der Waals surface area contributed by atoms with Crippen LogP contribution in [0, 0.1) is 5.92 Å². The minimum Gasteiger partial charge on any atom is -0.467 e. The van der Waals surface area contributed by atoms with E-state index in [2.05, 4.69) is 0 Å². The molecule has 2 rings (SSSR count). The maximum atomic E-state index is 11.0. The van der Waals surface area contributed by atoms with Gasteiger partial charge in [0.15, 0.2) is 0 Å². The molecule has 16 heavy (non-hydrogen) atoms. The van der Waals surface area contributed by atoms with Crippen molar-refractivity contribution in [3.8, 4) is 0 Å². The number of carbonyl (C=O) groups excluding carboxylic acids is 1. The molecule has 1 amide bonds. The molecule has 0 aromatic carbocycles. The molecule has 2 N–H and O–H groups in total. The van der Waals surface area contributed by atoms with E-state index in [1.807, 2.05) is 17.2 Å². The summed E-state index contributed by atoms with van der Waals surface area (Å²) in [5.41, 5.74) is 5.25. The Kier molecular flexibility index (Phi) is 3.58. The average molecular weight is 224 g/mol. The average Bonchev–Trinajstić information content (AvgIpc) is 2.31. The first-order chi connectivity index (χ1) is 7.75. The highest BCUT2D eigenvalue weighted by Gasteiger charge is 2.25. The second kappa shape index (κ2) is 5.14. The lowest BCUT2D eigenvalue weighted by Crippen LogP contribution is -2.40. The Labute approximate surface area is 94.4 Å². The molecule has 0 bridgehead atoms. The summed E-state index contributed by atoms with van der Waals surface area (Å²) in [5.74, 6) is -0.223. The first-order valence-corrected chi connectivity index (χ1v) is 5.45. The van der Waals surface area contributed by atoms with Crippen LogP contribution in [0.5, 0.6) is 0 Å². The molecule has 5 nitrogen and oxygen atoms in total. The lowest BCUT2D eigenvalue weighted by molar-refractivity contribution is -0.255. The van der Waals surface area contributed by atoms with Crippen LogP contribution in [0.4, 0.5) is 0 Å². The van der Waals surface area contributed by atoms with Crippen molar-refractivity contribution in [1.29, 1.82) is 0 Å². The molecular weight excluding hydrogens is 208 g/mol. The standard InChI is InChI=1S/C11H16N2O3/c12-11(14)9-4-6-13(7-5-9)16-10-3-1-2-8-15-10/h1-3,8-10H,4-7H2,(H2,12,14). The molecule has 2 heterocycles. The Bertz CT molecular complexity index is 306. The van der Waals surface area contributed by atoms with Gasteiger partial charge in [0.1, 0.15) is 0 Å². The van der Waals surface area contributed by atoms with E-state index in [1.54, 1.807) is 12.3 Å². The molecular formula is C11H16N2O3. The first-order valence-electron chi connectivity index (χ1n) is 5.45. The number of nitrogens with two attached hydrogens (primary N) is 1. The molecule has 2 aliphatic rings. The van der Waals surface area contributed by atoms with Gasteiger partial charge in [0.2, 0.25) is 12.2 Å². The number of rotatable bonds is 3. The summed E-state index contributed by atoms with van der Waals surface area (Å²) in [5, 5.41) is 1.83. The fraction of sp³-hybridized carbons (Fsp3) is 0.545. The van der Waals surface area contributed by atoms with Crippen LogP contribution >= 0.6 is 0 Å². The van der Waals surface area contributed by atoms with Gasteiger partial charge in [-0.05, 0) is 25.0 Å². The number of hydroxylamine groups is 2. The summed E-state index contributed by atoms with van der Waals surface area (Å²) < 4.78 is 5.23. The predicted molar refractivity (Wildman–Crippen MR) is 57.7 cm³/mol. The monoisotopic (exact) mass is 224 g/mol. The van der Waals surface area contributed by atoms with Crippen LogP contribution in [0.1, 0.15) is 12.8 Å². The molecule has 0 aromatic rings. The second-order valence-electron chi connectivity index (χ2n) is 3.93. The van der Waals surface area contributed by atoms with Crippen molar-refractivity contribution in [2.45, 2.75) is 19.1 Å². The lowest BCUT2D eigenvalue weighted by Gasteiger charge is -2.31. The quantitative estimate of drug-likeness (QED) is 0.760. The summed E-state index contributed by atoms with van der Waals surface area (Å²) >= 11 is 0. The van der Waals surface area contributed by atoms with Crippen LogP contribution in [0.25, 0.3) is 0 Å². The van der Waals surface area contributed by atoms with Gasteiger partial charge in [-0.15, -0.1) is 0 Å². The van der Waals surface area contributed by atoms with Crippen molar-refractivity contribution < 1.29 is 14.4 Å². The smallest absolute Gasteiger partial charge is 0.236 e. The fourth-order valence-corrected chi connectivity index (χ4v) is 1.82. The maximum absolute atomic E-state index is 11.0. The Morgan fingerprint density at radius 2 is 2.12 bits per heavy atom. The fourth-order valence-electron chi connectivity index (χ4n) is 1.82. The highest BCUT2D eigenvalue weighted by atomic mass is 16.8. The largest absolute Gasteiger partial charge is 0.467 e. The highest BCUT2D eigenvalue weighted by molar-refractivity contribution is 5.76. The lowest BCUT2D eigenvalue weighted by atomic mass is 9.97. The van der Waals surface area contributed by atoms with Gasteiger partial charge in [-0.25, -0.2) is 0 Å². The highest BCUT2D eigenvalue weighted by Crippen LogP contribution is 2.18. The zero-order chi connectivity index (χ0) is 11.4. The van der Waals surface area contributed by atoms with E-state index in [4.69, 9.17) is 15.3 Å². The molecule has 0 spiro atoms. The van der Waals surface area contributed by atoms with E-state index in [0.717, 1.165) is 12.8 Å². The molecule has 0 saturated carbocycles. The summed E-state index contributed by atoms with van der Waals surface area (Å²) in [6.07, 6.45) is 8.27. The van der Waals surface area contributed by atoms with Gasteiger partial charge >= 0.3 is 0 Å². The van der Waals surface area contributed by atoms with Crippen LogP contribution < -0.4 is 5.73 Å². The van der Waals surface area contributed by atoms with Crippen LogP contribution in [-0.2, 0) is 14.4 Å². The molecule has 0 aliphatic carbocycles.